The Kier molecular flexibility index (Phi) is 6.28. The molecule has 0 aliphatic rings. The number of benzene rings is 1. The van der Waals surface area contributed by atoms with E-state index in [4.69, 9.17) is 0 Å². The minimum absolute atomic E-state index is 0.620. The third-order valence-corrected chi connectivity index (χ3v) is 3.16. The fourth-order valence-electron chi connectivity index (χ4n) is 2.05. The normalized spacial score (nSPS) is 13.0. The van der Waals surface area contributed by atoms with Crippen LogP contribution in [0.2, 0.25) is 0 Å². The Morgan fingerprint density at radius 1 is 1.12 bits per heavy atom. The van der Waals surface area contributed by atoms with Crippen LogP contribution in [0.1, 0.15) is 51.2 Å². The first-order valence-corrected chi connectivity index (χ1v) is 6.87. The molecule has 0 heterocycles. The molecule has 1 heteroatoms. The third-order valence-electron chi connectivity index (χ3n) is 3.16. The van der Waals surface area contributed by atoms with E-state index in [9.17, 15) is 0 Å². The quantitative estimate of drug-likeness (QED) is 0.740. The Morgan fingerprint density at radius 3 is 2.53 bits per heavy atom. The van der Waals surface area contributed by atoms with Gasteiger partial charge >= 0.3 is 0 Å². The monoisotopic (exact) mass is 233 g/mol. The summed E-state index contributed by atoms with van der Waals surface area (Å²) in [5.41, 5.74) is 2.73. The molecule has 0 amide bonds. The lowest BCUT2D eigenvalue weighted by molar-refractivity contribution is 0.457. The van der Waals surface area contributed by atoms with E-state index in [1.54, 1.807) is 0 Å². The van der Waals surface area contributed by atoms with Crippen molar-refractivity contribution in [1.29, 1.82) is 0 Å². The molecule has 1 atom stereocenters. The van der Waals surface area contributed by atoms with Crippen LogP contribution in [0.15, 0.2) is 24.3 Å². The van der Waals surface area contributed by atoms with Gasteiger partial charge in [0.25, 0.3) is 0 Å². The van der Waals surface area contributed by atoms with Crippen LogP contribution in [-0.4, -0.2) is 6.04 Å². The first-order valence-electron chi connectivity index (χ1n) is 6.87. The van der Waals surface area contributed by atoms with E-state index in [-0.39, 0.29) is 0 Å². The summed E-state index contributed by atoms with van der Waals surface area (Å²) in [6, 6.07) is 9.36. The van der Waals surface area contributed by atoms with Gasteiger partial charge in [-0.3, -0.25) is 0 Å². The van der Waals surface area contributed by atoms with Crippen LogP contribution >= 0.6 is 0 Å². The first kappa shape index (κ1) is 14.2. The van der Waals surface area contributed by atoms with Gasteiger partial charge in [0.15, 0.2) is 0 Å². The van der Waals surface area contributed by atoms with E-state index in [1.165, 1.54) is 30.4 Å². The van der Waals surface area contributed by atoms with Crippen LogP contribution in [0.5, 0.6) is 0 Å². The maximum Gasteiger partial charge on any atom is 0.0208 e. The van der Waals surface area contributed by atoms with Gasteiger partial charge in [0.05, 0.1) is 0 Å². The van der Waals surface area contributed by atoms with Crippen LogP contribution in [0.3, 0.4) is 0 Å². The summed E-state index contributed by atoms with van der Waals surface area (Å²) in [5, 5.41) is 3.60. The van der Waals surface area contributed by atoms with E-state index in [1.807, 2.05) is 0 Å². The summed E-state index contributed by atoms with van der Waals surface area (Å²) in [7, 11) is 0. The fourth-order valence-corrected chi connectivity index (χ4v) is 2.05. The van der Waals surface area contributed by atoms with Crippen molar-refractivity contribution in [3.05, 3.63) is 35.4 Å². The molecule has 0 fully saturated rings. The molecule has 96 valence electrons. The number of hydrogen-bond acceptors (Lipinski definition) is 1. The van der Waals surface area contributed by atoms with Gasteiger partial charge in [-0.15, -0.1) is 0 Å². The van der Waals surface area contributed by atoms with Crippen molar-refractivity contribution in [3.63, 3.8) is 0 Å². The Balaban J connectivity index is 2.21. The zero-order chi connectivity index (χ0) is 12.7. The molecular weight excluding hydrogens is 206 g/mol. The van der Waals surface area contributed by atoms with E-state index in [0.717, 1.165) is 12.5 Å². The Labute approximate surface area is 107 Å². The zero-order valence-corrected chi connectivity index (χ0v) is 11.8. The van der Waals surface area contributed by atoms with Crippen LogP contribution in [-0.2, 0) is 6.54 Å². The molecule has 0 aliphatic heterocycles. The van der Waals surface area contributed by atoms with E-state index < -0.39 is 0 Å². The van der Waals surface area contributed by atoms with Crippen molar-refractivity contribution in [3.8, 4) is 0 Å². The molecule has 0 bridgehead atoms. The average molecular weight is 233 g/mol. The van der Waals surface area contributed by atoms with Crippen LogP contribution in [0.25, 0.3) is 0 Å². The predicted molar refractivity (Wildman–Crippen MR) is 76.2 cm³/mol. The Bertz CT molecular complexity index is 317. The van der Waals surface area contributed by atoms with Crippen molar-refractivity contribution in [1.82, 2.24) is 5.32 Å². The van der Waals surface area contributed by atoms with Crippen LogP contribution in [0.4, 0.5) is 0 Å². The van der Waals surface area contributed by atoms with E-state index >= 15 is 0 Å². The summed E-state index contributed by atoms with van der Waals surface area (Å²) in [6.07, 6.45) is 3.96. The van der Waals surface area contributed by atoms with Gasteiger partial charge in [-0.05, 0) is 31.7 Å². The van der Waals surface area contributed by atoms with E-state index in [0.29, 0.717) is 6.04 Å². The molecule has 0 radical (unpaired) electrons. The molecule has 1 rings (SSSR count). The molecule has 1 unspecified atom stereocenters. The van der Waals surface area contributed by atoms with Crippen LogP contribution < -0.4 is 5.32 Å². The third kappa shape index (κ3) is 6.48. The zero-order valence-electron chi connectivity index (χ0n) is 11.8. The molecule has 1 aromatic rings. The van der Waals surface area contributed by atoms with Crippen molar-refractivity contribution < 1.29 is 0 Å². The maximum atomic E-state index is 3.60. The lowest BCUT2D eigenvalue weighted by atomic mass is 10.0. The highest BCUT2D eigenvalue weighted by Crippen LogP contribution is 2.09. The minimum atomic E-state index is 0.620. The Morgan fingerprint density at radius 2 is 1.88 bits per heavy atom. The van der Waals surface area contributed by atoms with Gasteiger partial charge in [0, 0.05) is 12.6 Å². The van der Waals surface area contributed by atoms with Crippen molar-refractivity contribution in [2.45, 2.75) is 59.5 Å². The summed E-state index contributed by atoms with van der Waals surface area (Å²) in [6.45, 7) is 10.0. The molecule has 0 saturated heterocycles. The molecular formula is C16H27N. The minimum Gasteiger partial charge on any atom is -0.310 e. The van der Waals surface area contributed by atoms with Gasteiger partial charge < -0.3 is 5.32 Å². The molecule has 0 saturated carbocycles. The maximum absolute atomic E-state index is 3.60. The molecule has 0 aliphatic carbocycles. The fraction of sp³-hybridized carbons (Fsp3) is 0.625. The number of rotatable bonds is 7. The second kappa shape index (κ2) is 7.50. The molecule has 0 aromatic heterocycles. The molecule has 17 heavy (non-hydrogen) atoms. The Hall–Kier alpha value is -0.820. The lowest BCUT2D eigenvalue weighted by Crippen LogP contribution is -2.25. The number of aryl methyl sites for hydroxylation is 1. The summed E-state index contributed by atoms with van der Waals surface area (Å²) in [4.78, 5) is 0. The van der Waals surface area contributed by atoms with E-state index in [2.05, 4.69) is 57.3 Å². The topological polar surface area (TPSA) is 12.0 Å². The second-order valence-electron chi connectivity index (χ2n) is 5.60. The first-order chi connectivity index (χ1) is 8.08. The largest absolute Gasteiger partial charge is 0.310 e. The highest BCUT2D eigenvalue weighted by Gasteiger charge is 2.02. The summed E-state index contributed by atoms with van der Waals surface area (Å²) >= 11 is 0. The lowest BCUT2D eigenvalue weighted by Gasteiger charge is -2.14. The molecule has 1 aromatic carbocycles. The number of hydrogen-bond donors (Lipinski definition) is 1. The van der Waals surface area contributed by atoms with Gasteiger partial charge in [-0.1, -0.05) is 56.5 Å². The highest BCUT2D eigenvalue weighted by atomic mass is 14.9. The van der Waals surface area contributed by atoms with Crippen molar-refractivity contribution in [2.75, 3.05) is 0 Å². The molecule has 0 spiro atoms. The predicted octanol–water partition coefficient (Wildman–Crippen LogP) is 4.30. The highest BCUT2D eigenvalue weighted by molar-refractivity contribution is 5.21. The standard InChI is InChI=1S/C16H27N/c1-13(2)7-5-9-15(4)17-12-16-10-6-8-14(3)11-16/h6,8,10-11,13,15,17H,5,7,9,12H2,1-4H3. The van der Waals surface area contributed by atoms with Gasteiger partial charge in [0.1, 0.15) is 0 Å². The van der Waals surface area contributed by atoms with Gasteiger partial charge in [-0.2, -0.15) is 0 Å². The average Bonchev–Trinajstić information content (AvgIpc) is 2.26. The SMILES string of the molecule is Cc1cccc(CNC(C)CCCC(C)C)c1. The summed E-state index contributed by atoms with van der Waals surface area (Å²) < 4.78 is 0. The number of nitrogens with one attached hydrogen (secondary N) is 1. The second-order valence-corrected chi connectivity index (χ2v) is 5.60. The smallest absolute Gasteiger partial charge is 0.0208 e. The van der Waals surface area contributed by atoms with Crippen molar-refractivity contribution >= 4 is 0 Å². The van der Waals surface area contributed by atoms with Gasteiger partial charge in [-0.25, -0.2) is 0 Å². The molecule has 1 N–H and O–H groups in total. The van der Waals surface area contributed by atoms with Crippen LogP contribution in [0, 0.1) is 12.8 Å². The summed E-state index contributed by atoms with van der Waals surface area (Å²) in [5.74, 6) is 0.832. The van der Waals surface area contributed by atoms with Crippen molar-refractivity contribution in [2.24, 2.45) is 5.92 Å². The molecule has 1 nitrogen and oxygen atoms in total. The van der Waals surface area contributed by atoms with Gasteiger partial charge in [0.2, 0.25) is 0 Å².